The van der Waals surface area contributed by atoms with Crippen molar-refractivity contribution in [1.82, 2.24) is 20.2 Å². The molecule has 0 amide bonds. The van der Waals surface area contributed by atoms with Crippen molar-refractivity contribution in [3.63, 3.8) is 0 Å². The molecule has 1 aromatic carbocycles. The number of hydrogen-bond donors (Lipinski definition) is 0. The lowest BCUT2D eigenvalue weighted by Crippen LogP contribution is -2.10. The van der Waals surface area contributed by atoms with Gasteiger partial charge in [0.2, 0.25) is 0 Å². The summed E-state index contributed by atoms with van der Waals surface area (Å²) in [7, 11) is -1.17. The van der Waals surface area contributed by atoms with E-state index in [1.165, 1.54) is 0 Å². The summed E-state index contributed by atoms with van der Waals surface area (Å²) in [6.45, 7) is 7.53. The molecule has 7 heteroatoms. The van der Waals surface area contributed by atoms with E-state index in [4.69, 9.17) is 11.6 Å². The fourth-order valence-corrected chi connectivity index (χ4v) is 3.26. The number of aromatic nitrogens is 4. The van der Waals surface area contributed by atoms with E-state index >= 15 is 0 Å². The highest BCUT2D eigenvalue weighted by Crippen LogP contribution is 2.19. The van der Waals surface area contributed by atoms with Gasteiger partial charge in [0.05, 0.1) is 17.2 Å². The SMILES string of the molecule is C=C(Cl)C[S@@](=O)Cc1nnnn1-c1c(C)cccc1C. The highest BCUT2D eigenvalue weighted by molar-refractivity contribution is 7.84. The fraction of sp³-hybridized carbons (Fsp3) is 0.308. The molecule has 0 aliphatic carbocycles. The summed E-state index contributed by atoms with van der Waals surface area (Å²) in [5.74, 6) is 1.03. The van der Waals surface area contributed by atoms with Crippen LogP contribution in [0.25, 0.3) is 5.69 Å². The Balaban J connectivity index is 2.34. The van der Waals surface area contributed by atoms with E-state index < -0.39 is 10.8 Å². The monoisotopic (exact) mass is 310 g/mol. The van der Waals surface area contributed by atoms with Crippen LogP contribution in [0.15, 0.2) is 29.8 Å². The molecule has 5 nitrogen and oxygen atoms in total. The van der Waals surface area contributed by atoms with Crippen LogP contribution in [-0.4, -0.2) is 30.2 Å². The molecule has 0 saturated carbocycles. The molecule has 20 heavy (non-hydrogen) atoms. The highest BCUT2D eigenvalue weighted by Gasteiger charge is 2.15. The van der Waals surface area contributed by atoms with E-state index in [1.54, 1.807) is 4.68 Å². The fourth-order valence-electron chi connectivity index (χ4n) is 1.98. The summed E-state index contributed by atoms with van der Waals surface area (Å²) in [6, 6.07) is 5.96. The van der Waals surface area contributed by atoms with Gasteiger partial charge in [0.1, 0.15) is 0 Å². The Morgan fingerprint density at radius 1 is 1.40 bits per heavy atom. The number of nitrogens with zero attached hydrogens (tertiary/aromatic N) is 4. The standard InChI is InChI=1S/C13H15ClN4OS/c1-9-5-4-6-10(2)13(9)18-12(15-16-17-18)8-20(19)7-11(3)14/h4-6H,3,7-8H2,1-2H3/t20-/m1/s1. The smallest absolute Gasteiger partial charge is 0.169 e. The first-order valence-corrected chi connectivity index (χ1v) is 7.87. The Morgan fingerprint density at radius 3 is 2.65 bits per heavy atom. The van der Waals surface area contributed by atoms with Crippen molar-refractivity contribution in [1.29, 1.82) is 0 Å². The molecule has 0 N–H and O–H groups in total. The molecular weight excluding hydrogens is 296 g/mol. The van der Waals surface area contributed by atoms with Crippen LogP contribution in [0.1, 0.15) is 17.0 Å². The number of benzene rings is 1. The van der Waals surface area contributed by atoms with Gasteiger partial charge in [0.25, 0.3) is 0 Å². The maximum atomic E-state index is 11.9. The van der Waals surface area contributed by atoms with Gasteiger partial charge in [-0.1, -0.05) is 36.4 Å². The second kappa shape index (κ2) is 6.28. The van der Waals surface area contributed by atoms with Gasteiger partial charge in [-0.2, -0.15) is 4.68 Å². The molecule has 2 aromatic rings. The van der Waals surface area contributed by atoms with Crippen LogP contribution in [0, 0.1) is 13.8 Å². The third-order valence-electron chi connectivity index (χ3n) is 2.79. The van der Waals surface area contributed by atoms with Crippen LogP contribution in [0.3, 0.4) is 0 Å². The number of para-hydroxylation sites is 1. The van der Waals surface area contributed by atoms with Crippen LogP contribution in [-0.2, 0) is 16.6 Å². The first kappa shape index (κ1) is 14.9. The molecular formula is C13H15ClN4OS. The summed E-state index contributed by atoms with van der Waals surface area (Å²) in [6.07, 6.45) is 0. The second-order valence-electron chi connectivity index (χ2n) is 4.49. The summed E-state index contributed by atoms with van der Waals surface area (Å²) < 4.78 is 13.6. The molecule has 1 aromatic heterocycles. The molecule has 2 rings (SSSR count). The molecule has 0 aliphatic heterocycles. The van der Waals surface area contributed by atoms with Gasteiger partial charge in [-0.05, 0) is 35.4 Å². The average molecular weight is 311 g/mol. The molecule has 0 aliphatic rings. The van der Waals surface area contributed by atoms with Crippen molar-refractivity contribution >= 4 is 22.4 Å². The van der Waals surface area contributed by atoms with E-state index in [9.17, 15) is 4.21 Å². The maximum Gasteiger partial charge on any atom is 0.169 e. The molecule has 0 fully saturated rings. The van der Waals surface area contributed by atoms with Gasteiger partial charge >= 0.3 is 0 Å². The largest absolute Gasteiger partial charge is 0.259 e. The van der Waals surface area contributed by atoms with Crippen LogP contribution >= 0.6 is 11.6 Å². The number of aryl methyl sites for hydroxylation is 2. The van der Waals surface area contributed by atoms with E-state index in [-0.39, 0.29) is 11.5 Å². The van der Waals surface area contributed by atoms with Gasteiger partial charge in [0, 0.05) is 15.8 Å². The molecule has 0 unspecified atom stereocenters. The Morgan fingerprint density at radius 2 is 2.05 bits per heavy atom. The van der Waals surface area contributed by atoms with Crippen molar-refractivity contribution in [3.05, 3.63) is 46.8 Å². The zero-order valence-electron chi connectivity index (χ0n) is 11.3. The lowest BCUT2D eigenvalue weighted by Gasteiger charge is -2.10. The first-order chi connectivity index (χ1) is 9.49. The maximum absolute atomic E-state index is 11.9. The van der Waals surface area contributed by atoms with Crippen molar-refractivity contribution in [2.45, 2.75) is 19.6 Å². The number of rotatable bonds is 5. The van der Waals surface area contributed by atoms with Crippen LogP contribution in [0.4, 0.5) is 0 Å². The van der Waals surface area contributed by atoms with Crippen LogP contribution < -0.4 is 0 Å². The minimum absolute atomic E-state index is 0.237. The van der Waals surface area contributed by atoms with Gasteiger partial charge in [-0.25, -0.2) is 0 Å². The van der Waals surface area contributed by atoms with Gasteiger partial charge in [0.15, 0.2) is 5.82 Å². The highest BCUT2D eigenvalue weighted by atomic mass is 35.5. The van der Waals surface area contributed by atoms with Gasteiger partial charge in [-0.15, -0.1) is 5.10 Å². The Bertz CT molecular complexity index is 648. The third kappa shape index (κ3) is 3.32. The van der Waals surface area contributed by atoms with Crippen LogP contribution in [0.2, 0.25) is 0 Å². The topological polar surface area (TPSA) is 60.7 Å². The van der Waals surface area contributed by atoms with Gasteiger partial charge < -0.3 is 0 Å². The van der Waals surface area contributed by atoms with Crippen LogP contribution in [0.5, 0.6) is 0 Å². The predicted molar refractivity (Wildman–Crippen MR) is 80.3 cm³/mol. The molecule has 0 bridgehead atoms. The lowest BCUT2D eigenvalue weighted by atomic mass is 10.1. The Hall–Kier alpha value is -1.53. The molecule has 0 spiro atoms. The quantitative estimate of drug-likeness (QED) is 0.850. The molecule has 1 heterocycles. The minimum Gasteiger partial charge on any atom is -0.259 e. The summed E-state index contributed by atoms with van der Waals surface area (Å²) in [4.78, 5) is 0. The summed E-state index contributed by atoms with van der Waals surface area (Å²) in [5.41, 5.74) is 3.05. The normalized spacial score (nSPS) is 12.3. The number of halogens is 1. The molecule has 0 saturated heterocycles. The molecule has 106 valence electrons. The van der Waals surface area contributed by atoms with Crippen molar-refractivity contribution < 1.29 is 4.21 Å². The van der Waals surface area contributed by atoms with E-state index in [0.29, 0.717) is 10.9 Å². The number of tetrazole rings is 1. The summed E-state index contributed by atoms with van der Waals surface area (Å²) >= 11 is 5.67. The van der Waals surface area contributed by atoms with E-state index in [1.807, 2.05) is 32.0 Å². The van der Waals surface area contributed by atoms with Crippen molar-refractivity contribution in [3.8, 4) is 5.69 Å². The van der Waals surface area contributed by atoms with Crippen molar-refractivity contribution in [2.75, 3.05) is 5.75 Å². The summed E-state index contributed by atoms with van der Waals surface area (Å²) in [5, 5.41) is 12.0. The average Bonchev–Trinajstić information content (AvgIpc) is 2.76. The Kier molecular flexibility index (Phi) is 4.67. The van der Waals surface area contributed by atoms with E-state index in [0.717, 1.165) is 16.8 Å². The predicted octanol–water partition coefficient (Wildman–Crippen LogP) is 2.28. The molecule has 0 radical (unpaired) electrons. The lowest BCUT2D eigenvalue weighted by molar-refractivity contribution is 0.681. The Labute approximate surface area is 125 Å². The third-order valence-corrected chi connectivity index (χ3v) is 4.34. The zero-order chi connectivity index (χ0) is 14.7. The molecule has 1 atom stereocenters. The first-order valence-electron chi connectivity index (χ1n) is 6.01. The minimum atomic E-state index is -1.17. The van der Waals surface area contributed by atoms with Crippen molar-refractivity contribution in [2.24, 2.45) is 0 Å². The van der Waals surface area contributed by atoms with Gasteiger partial charge in [-0.3, -0.25) is 4.21 Å². The zero-order valence-corrected chi connectivity index (χ0v) is 12.9. The van der Waals surface area contributed by atoms with E-state index in [2.05, 4.69) is 22.1 Å². The second-order valence-corrected chi connectivity index (χ2v) is 6.48. The number of hydrogen-bond acceptors (Lipinski definition) is 4.